The maximum atomic E-state index is 8.25. The molecule has 0 aromatic heterocycles. The van der Waals surface area contributed by atoms with Gasteiger partial charge in [-0.1, -0.05) is 12.1 Å². The van der Waals surface area contributed by atoms with Crippen LogP contribution >= 0.6 is 22.6 Å². The Morgan fingerprint density at radius 3 is 3.07 bits per heavy atom. The Hall–Kier alpha value is -1.29. The summed E-state index contributed by atoms with van der Waals surface area (Å²) in [5.41, 5.74) is 6.45. The van der Waals surface area contributed by atoms with E-state index in [0.717, 1.165) is 9.13 Å². The third kappa shape index (κ3) is 3.62. The van der Waals surface area contributed by atoms with E-state index in [1.165, 1.54) is 0 Å². The molecule has 0 radical (unpaired) electrons. The summed E-state index contributed by atoms with van der Waals surface area (Å²) in [7, 11) is 0. The molecule has 0 aliphatic heterocycles. The van der Waals surface area contributed by atoms with Crippen molar-refractivity contribution in [1.29, 1.82) is 5.26 Å². The Kier molecular flexibility index (Phi) is 4.19. The number of nitriles is 1. The fraction of sp³-hybridized carbons (Fsp3) is 0.111. The van der Waals surface area contributed by atoms with Gasteiger partial charge in [0.2, 0.25) is 5.96 Å². The molecule has 1 aromatic rings. The molecule has 0 fully saturated rings. The van der Waals surface area contributed by atoms with E-state index in [1.807, 2.05) is 24.3 Å². The van der Waals surface area contributed by atoms with E-state index in [4.69, 9.17) is 11.0 Å². The Balaban J connectivity index is 2.62. The van der Waals surface area contributed by atoms with Crippen LogP contribution in [0.3, 0.4) is 0 Å². The van der Waals surface area contributed by atoms with Gasteiger partial charge >= 0.3 is 0 Å². The fourth-order valence-electron chi connectivity index (χ4n) is 0.909. The summed E-state index contributed by atoms with van der Waals surface area (Å²) in [4.78, 5) is 3.98. The van der Waals surface area contributed by atoms with E-state index in [2.05, 4.69) is 32.9 Å². The molecule has 1 aromatic carbocycles. The molecule has 1 rings (SSSR count). The van der Waals surface area contributed by atoms with E-state index in [0.29, 0.717) is 6.54 Å². The predicted molar refractivity (Wildman–Crippen MR) is 63.2 cm³/mol. The molecule has 0 aliphatic rings. The second kappa shape index (κ2) is 5.44. The van der Waals surface area contributed by atoms with E-state index in [9.17, 15) is 0 Å². The van der Waals surface area contributed by atoms with Gasteiger partial charge in [0.15, 0.2) is 6.19 Å². The minimum Gasteiger partial charge on any atom is -0.369 e. The Labute approximate surface area is 96.0 Å². The number of hydrogen-bond donors (Lipinski definition) is 2. The Morgan fingerprint density at radius 1 is 1.64 bits per heavy atom. The molecule has 14 heavy (non-hydrogen) atoms. The van der Waals surface area contributed by atoms with Gasteiger partial charge in [0.05, 0.1) is 6.54 Å². The zero-order valence-corrected chi connectivity index (χ0v) is 9.52. The number of nitrogens with zero attached hydrogens (tertiary/aromatic N) is 2. The van der Waals surface area contributed by atoms with Crippen LogP contribution in [0.2, 0.25) is 0 Å². The molecule has 0 bridgehead atoms. The number of guanidine groups is 1. The summed E-state index contributed by atoms with van der Waals surface area (Å²) in [6.45, 7) is 0.483. The van der Waals surface area contributed by atoms with Crippen LogP contribution in [-0.4, -0.2) is 5.96 Å². The highest BCUT2D eigenvalue weighted by atomic mass is 127. The summed E-state index contributed by atoms with van der Waals surface area (Å²) < 4.78 is 1.15. The minimum atomic E-state index is 0.145. The van der Waals surface area contributed by atoms with Crippen LogP contribution in [0.1, 0.15) is 5.56 Å². The van der Waals surface area contributed by atoms with Crippen LogP contribution in [0.4, 0.5) is 0 Å². The van der Waals surface area contributed by atoms with Crippen LogP contribution in [0.25, 0.3) is 0 Å². The lowest BCUT2D eigenvalue weighted by molar-refractivity contribution is 1.03. The topological polar surface area (TPSA) is 74.2 Å². The number of nitrogens with one attached hydrogen (secondary N) is 1. The number of benzene rings is 1. The van der Waals surface area contributed by atoms with Crippen molar-refractivity contribution < 1.29 is 0 Å². The second-order valence-electron chi connectivity index (χ2n) is 2.57. The maximum absolute atomic E-state index is 8.25. The fourth-order valence-corrected chi connectivity index (χ4v) is 1.52. The van der Waals surface area contributed by atoms with Crippen LogP contribution in [0.5, 0.6) is 0 Å². The molecule has 0 heterocycles. The molecule has 72 valence electrons. The molecule has 0 spiro atoms. The summed E-state index contributed by atoms with van der Waals surface area (Å²) in [6.07, 6.45) is 1.71. The molecule has 0 atom stereocenters. The van der Waals surface area contributed by atoms with Crippen molar-refractivity contribution in [3.63, 3.8) is 0 Å². The maximum Gasteiger partial charge on any atom is 0.202 e. The lowest BCUT2D eigenvalue weighted by atomic mass is 10.2. The highest BCUT2D eigenvalue weighted by Gasteiger charge is 1.93. The number of hydrogen-bond acceptors (Lipinski definition) is 2. The monoisotopic (exact) mass is 300 g/mol. The Morgan fingerprint density at radius 2 is 2.43 bits per heavy atom. The summed E-state index contributed by atoms with van der Waals surface area (Å²) in [5.74, 6) is 0.145. The van der Waals surface area contributed by atoms with E-state index in [1.54, 1.807) is 6.19 Å². The molecule has 0 saturated heterocycles. The molecular weight excluding hydrogens is 291 g/mol. The van der Waals surface area contributed by atoms with Crippen molar-refractivity contribution in [2.75, 3.05) is 0 Å². The van der Waals surface area contributed by atoms with Crippen LogP contribution in [0.15, 0.2) is 29.3 Å². The van der Waals surface area contributed by atoms with Crippen molar-refractivity contribution in [1.82, 2.24) is 5.32 Å². The van der Waals surface area contributed by atoms with Gasteiger partial charge in [-0.05, 0) is 40.3 Å². The van der Waals surface area contributed by atoms with Crippen molar-refractivity contribution in [2.45, 2.75) is 6.54 Å². The van der Waals surface area contributed by atoms with Crippen molar-refractivity contribution in [2.24, 2.45) is 10.7 Å². The van der Waals surface area contributed by atoms with E-state index >= 15 is 0 Å². The second-order valence-corrected chi connectivity index (χ2v) is 3.81. The van der Waals surface area contributed by atoms with Crippen molar-refractivity contribution in [3.8, 4) is 6.19 Å². The zero-order valence-electron chi connectivity index (χ0n) is 7.37. The highest BCUT2D eigenvalue weighted by Crippen LogP contribution is 2.08. The van der Waals surface area contributed by atoms with Gasteiger partial charge in [-0.2, -0.15) is 5.26 Å². The molecular formula is C9H9IN4. The third-order valence-corrected chi connectivity index (χ3v) is 2.18. The first kappa shape index (κ1) is 10.8. The quantitative estimate of drug-likeness (QED) is 0.283. The van der Waals surface area contributed by atoms with Crippen LogP contribution in [0, 0.1) is 15.0 Å². The molecule has 5 heteroatoms. The molecule has 3 N–H and O–H groups in total. The first-order chi connectivity index (χ1) is 6.72. The van der Waals surface area contributed by atoms with Gasteiger partial charge in [0.1, 0.15) is 0 Å². The van der Waals surface area contributed by atoms with Gasteiger partial charge < -0.3 is 5.73 Å². The number of nitrogens with two attached hydrogens (primary N) is 1. The lowest BCUT2D eigenvalue weighted by Gasteiger charge is -1.98. The SMILES string of the molecule is N#CNC(N)=NCc1cccc(I)c1. The minimum absolute atomic E-state index is 0.145. The van der Waals surface area contributed by atoms with Gasteiger partial charge in [-0.15, -0.1) is 0 Å². The molecule has 0 unspecified atom stereocenters. The van der Waals surface area contributed by atoms with E-state index < -0.39 is 0 Å². The van der Waals surface area contributed by atoms with Crippen LogP contribution < -0.4 is 11.1 Å². The van der Waals surface area contributed by atoms with E-state index in [-0.39, 0.29) is 5.96 Å². The third-order valence-electron chi connectivity index (χ3n) is 1.50. The van der Waals surface area contributed by atoms with Gasteiger partial charge in [-0.3, -0.25) is 5.32 Å². The molecule has 0 saturated carbocycles. The first-order valence-corrected chi connectivity index (χ1v) is 4.99. The smallest absolute Gasteiger partial charge is 0.202 e. The Bertz CT molecular complexity index is 381. The largest absolute Gasteiger partial charge is 0.369 e. The van der Waals surface area contributed by atoms with Crippen LogP contribution in [-0.2, 0) is 6.54 Å². The lowest BCUT2D eigenvalue weighted by Crippen LogP contribution is -2.27. The molecule has 0 aliphatic carbocycles. The molecule has 0 amide bonds. The average Bonchev–Trinajstić information content (AvgIpc) is 2.15. The summed E-state index contributed by atoms with van der Waals surface area (Å²) in [6, 6.07) is 7.94. The first-order valence-electron chi connectivity index (χ1n) is 3.92. The summed E-state index contributed by atoms with van der Waals surface area (Å²) >= 11 is 2.23. The predicted octanol–water partition coefficient (Wildman–Crippen LogP) is 1.18. The zero-order chi connectivity index (χ0) is 10.4. The van der Waals surface area contributed by atoms with Gasteiger partial charge in [-0.25, -0.2) is 4.99 Å². The number of halogens is 1. The van der Waals surface area contributed by atoms with Crippen molar-refractivity contribution >= 4 is 28.6 Å². The standard InChI is InChI=1S/C9H9IN4/c10-8-3-1-2-7(4-8)5-13-9(12)14-6-11/h1-4H,5H2,(H3,12,13,14). The summed E-state index contributed by atoms with van der Waals surface area (Å²) in [5, 5.41) is 10.5. The van der Waals surface area contributed by atoms with Gasteiger partial charge in [0, 0.05) is 3.57 Å². The highest BCUT2D eigenvalue weighted by molar-refractivity contribution is 14.1. The average molecular weight is 300 g/mol. The van der Waals surface area contributed by atoms with Crippen molar-refractivity contribution in [3.05, 3.63) is 33.4 Å². The molecule has 4 nitrogen and oxygen atoms in total. The normalized spacial score (nSPS) is 10.7. The number of rotatable bonds is 2. The number of aliphatic imine (C=N–C) groups is 1. The van der Waals surface area contributed by atoms with Gasteiger partial charge in [0.25, 0.3) is 0 Å².